The Labute approximate surface area is 118 Å². The number of hydrogen-bond acceptors (Lipinski definition) is 6. The third-order valence-electron chi connectivity index (χ3n) is 2.92. The number of nitrogen functional groups attached to an aromatic ring is 1. The molecular formula is C13H21N3O4. The van der Waals surface area contributed by atoms with Crippen molar-refractivity contribution < 1.29 is 19.4 Å². The molecule has 112 valence electrons. The molecule has 0 fully saturated rings. The number of carbonyl (C=O) groups is 1. The zero-order valence-corrected chi connectivity index (χ0v) is 12.0. The summed E-state index contributed by atoms with van der Waals surface area (Å²) in [5, 5.41) is 9.11. The summed E-state index contributed by atoms with van der Waals surface area (Å²) in [6.07, 6.45) is 1.36. The van der Waals surface area contributed by atoms with Gasteiger partial charge in [0.15, 0.2) is 0 Å². The first-order valence-electron chi connectivity index (χ1n) is 6.24. The van der Waals surface area contributed by atoms with Crippen molar-refractivity contribution >= 4 is 17.5 Å². The highest BCUT2D eigenvalue weighted by atomic mass is 16.5. The van der Waals surface area contributed by atoms with Crippen LogP contribution >= 0.6 is 0 Å². The molecule has 20 heavy (non-hydrogen) atoms. The van der Waals surface area contributed by atoms with Crippen molar-refractivity contribution in [2.75, 3.05) is 44.6 Å². The summed E-state index contributed by atoms with van der Waals surface area (Å²) < 4.78 is 10.2. The molecule has 1 aromatic rings. The lowest BCUT2D eigenvalue weighted by Crippen LogP contribution is -2.39. The molecule has 0 aliphatic rings. The summed E-state index contributed by atoms with van der Waals surface area (Å²) in [5.74, 6) is -0.532. The van der Waals surface area contributed by atoms with Crippen molar-refractivity contribution in [3.05, 3.63) is 17.8 Å². The molecule has 1 unspecified atom stereocenters. The van der Waals surface area contributed by atoms with Gasteiger partial charge in [0.05, 0.1) is 36.7 Å². The lowest BCUT2D eigenvalue weighted by molar-refractivity contribution is 0.0698. The van der Waals surface area contributed by atoms with Crippen LogP contribution < -0.4 is 10.6 Å². The average Bonchev–Trinajstić information content (AvgIpc) is 2.40. The van der Waals surface area contributed by atoms with E-state index in [-0.39, 0.29) is 17.3 Å². The average molecular weight is 283 g/mol. The fourth-order valence-corrected chi connectivity index (χ4v) is 1.88. The summed E-state index contributed by atoms with van der Waals surface area (Å²) in [5.41, 5.74) is 5.80. The van der Waals surface area contributed by atoms with E-state index >= 15 is 0 Å². The number of nitrogens with two attached hydrogens (primary N) is 1. The van der Waals surface area contributed by atoms with E-state index in [1.165, 1.54) is 12.3 Å². The third-order valence-corrected chi connectivity index (χ3v) is 2.92. The Bertz CT molecular complexity index is 453. The van der Waals surface area contributed by atoms with Crippen LogP contribution in [0.3, 0.4) is 0 Å². The molecule has 0 radical (unpaired) electrons. The largest absolute Gasteiger partial charge is 0.478 e. The van der Waals surface area contributed by atoms with Crippen LogP contribution in [-0.4, -0.2) is 56.1 Å². The molecule has 1 heterocycles. The maximum Gasteiger partial charge on any atom is 0.337 e. The number of carboxylic acids is 1. The van der Waals surface area contributed by atoms with E-state index in [4.69, 9.17) is 20.3 Å². The molecule has 0 aliphatic heterocycles. The van der Waals surface area contributed by atoms with Gasteiger partial charge in [-0.05, 0) is 13.0 Å². The SMILES string of the molecule is COCCN(c1cc(C(=O)O)c(N)cn1)C(C)COC. The van der Waals surface area contributed by atoms with Crippen molar-refractivity contribution in [1.29, 1.82) is 0 Å². The van der Waals surface area contributed by atoms with Crippen LogP contribution in [0.1, 0.15) is 17.3 Å². The highest BCUT2D eigenvalue weighted by molar-refractivity contribution is 5.94. The molecule has 0 aromatic carbocycles. The first-order chi connectivity index (χ1) is 9.51. The van der Waals surface area contributed by atoms with E-state index in [0.717, 1.165) is 0 Å². The zero-order chi connectivity index (χ0) is 15.1. The second-order valence-electron chi connectivity index (χ2n) is 4.43. The van der Waals surface area contributed by atoms with E-state index in [0.29, 0.717) is 25.6 Å². The van der Waals surface area contributed by atoms with Gasteiger partial charge in [-0.25, -0.2) is 9.78 Å². The Hall–Kier alpha value is -1.86. The maximum absolute atomic E-state index is 11.1. The van der Waals surface area contributed by atoms with E-state index in [2.05, 4.69) is 4.98 Å². The van der Waals surface area contributed by atoms with Crippen molar-refractivity contribution in [3.8, 4) is 0 Å². The third kappa shape index (κ3) is 4.07. The van der Waals surface area contributed by atoms with Crippen molar-refractivity contribution in [1.82, 2.24) is 4.98 Å². The Balaban J connectivity index is 3.06. The number of nitrogens with zero attached hydrogens (tertiary/aromatic N) is 2. The Morgan fingerprint density at radius 1 is 1.50 bits per heavy atom. The molecule has 1 atom stereocenters. The van der Waals surface area contributed by atoms with Crippen LogP contribution in [0.25, 0.3) is 0 Å². The summed E-state index contributed by atoms with van der Waals surface area (Å²) >= 11 is 0. The molecule has 0 spiro atoms. The number of methoxy groups -OCH3 is 2. The second kappa shape index (κ2) is 7.66. The molecule has 1 rings (SSSR count). The van der Waals surface area contributed by atoms with Gasteiger partial charge in [-0.1, -0.05) is 0 Å². The molecular weight excluding hydrogens is 262 g/mol. The first-order valence-corrected chi connectivity index (χ1v) is 6.24. The van der Waals surface area contributed by atoms with Gasteiger partial charge in [0.25, 0.3) is 0 Å². The Morgan fingerprint density at radius 2 is 2.20 bits per heavy atom. The molecule has 0 aliphatic carbocycles. The smallest absolute Gasteiger partial charge is 0.337 e. The Kier molecular flexibility index (Phi) is 6.20. The van der Waals surface area contributed by atoms with E-state index in [1.54, 1.807) is 14.2 Å². The molecule has 7 nitrogen and oxygen atoms in total. The number of hydrogen-bond donors (Lipinski definition) is 2. The van der Waals surface area contributed by atoms with E-state index in [9.17, 15) is 4.79 Å². The van der Waals surface area contributed by atoms with Gasteiger partial charge in [-0.3, -0.25) is 0 Å². The minimum atomic E-state index is -1.07. The normalized spacial score (nSPS) is 12.2. The highest BCUT2D eigenvalue weighted by Crippen LogP contribution is 2.20. The quantitative estimate of drug-likeness (QED) is 0.729. The highest BCUT2D eigenvalue weighted by Gasteiger charge is 2.18. The summed E-state index contributed by atoms with van der Waals surface area (Å²) in [7, 11) is 3.22. The lowest BCUT2D eigenvalue weighted by atomic mass is 10.2. The topological polar surface area (TPSA) is 97.9 Å². The second-order valence-corrected chi connectivity index (χ2v) is 4.43. The number of anilines is 2. The van der Waals surface area contributed by atoms with Crippen LogP contribution in [0.15, 0.2) is 12.3 Å². The fraction of sp³-hybridized carbons (Fsp3) is 0.538. The van der Waals surface area contributed by atoms with Crippen molar-refractivity contribution in [2.45, 2.75) is 13.0 Å². The van der Waals surface area contributed by atoms with Crippen LogP contribution in [0, 0.1) is 0 Å². The number of carboxylic acid groups (broad SMARTS) is 1. The van der Waals surface area contributed by atoms with E-state index < -0.39 is 5.97 Å². The van der Waals surface area contributed by atoms with Crippen molar-refractivity contribution in [3.63, 3.8) is 0 Å². The predicted molar refractivity (Wildman–Crippen MR) is 76.2 cm³/mol. The minimum absolute atomic E-state index is 0.0351. The standard InChI is InChI=1S/C13H21N3O4/c1-9(8-20-3)16(4-5-19-2)12-6-10(13(17)18)11(14)7-15-12/h6-7,9H,4-5,8,14H2,1-3H3,(H,17,18). The molecule has 0 amide bonds. The van der Waals surface area contributed by atoms with Crippen LogP contribution in [-0.2, 0) is 9.47 Å². The van der Waals surface area contributed by atoms with Gasteiger partial charge in [0, 0.05) is 20.8 Å². The van der Waals surface area contributed by atoms with E-state index in [1.807, 2.05) is 11.8 Å². The van der Waals surface area contributed by atoms with Crippen LogP contribution in [0.5, 0.6) is 0 Å². The van der Waals surface area contributed by atoms with Crippen LogP contribution in [0.2, 0.25) is 0 Å². The minimum Gasteiger partial charge on any atom is -0.478 e. The van der Waals surface area contributed by atoms with Gasteiger partial charge in [0.1, 0.15) is 5.82 Å². The van der Waals surface area contributed by atoms with Crippen molar-refractivity contribution in [2.24, 2.45) is 0 Å². The molecule has 0 saturated carbocycles. The fourth-order valence-electron chi connectivity index (χ4n) is 1.88. The van der Waals surface area contributed by atoms with Crippen LogP contribution in [0.4, 0.5) is 11.5 Å². The molecule has 1 aromatic heterocycles. The number of ether oxygens (including phenoxy) is 2. The van der Waals surface area contributed by atoms with Gasteiger partial charge >= 0.3 is 5.97 Å². The first kappa shape index (κ1) is 16.2. The van der Waals surface area contributed by atoms with Gasteiger partial charge < -0.3 is 25.2 Å². The maximum atomic E-state index is 11.1. The molecule has 3 N–H and O–H groups in total. The number of aromatic nitrogens is 1. The lowest BCUT2D eigenvalue weighted by Gasteiger charge is -2.30. The molecule has 0 bridgehead atoms. The number of aromatic carboxylic acids is 1. The Morgan fingerprint density at radius 3 is 2.75 bits per heavy atom. The zero-order valence-electron chi connectivity index (χ0n) is 12.0. The van der Waals surface area contributed by atoms with Gasteiger partial charge in [-0.15, -0.1) is 0 Å². The van der Waals surface area contributed by atoms with Gasteiger partial charge in [0.2, 0.25) is 0 Å². The van der Waals surface area contributed by atoms with Gasteiger partial charge in [-0.2, -0.15) is 0 Å². The number of pyridine rings is 1. The number of rotatable bonds is 8. The summed E-state index contributed by atoms with van der Waals surface area (Å²) in [4.78, 5) is 17.3. The summed E-state index contributed by atoms with van der Waals surface area (Å²) in [6, 6.07) is 1.51. The molecule has 0 saturated heterocycles. The summed E-state index contributed by atoms with van der Waals surface area (Å²) in [6.45, 7) is 3.55. The predicted octanol–water partition coefficient (Wildman–Crippen LogP) is 0.850. The molecule has 7 heteroatoms. The monoisotopic (exact) mass is 283 g/mol.